The summed E-state index contributed by atoms with van der Waals surface area (Å²) in [6, 6.07) is 8.20. The van der Waals surface area contributed by atoms with E-state index in [1.807, 2.05) is 17.5 Å². The summed E-state index contributed by atoms with van der Waals surface area (Å²) in [5, 5.41) is 13.2. The molecule has 0 unspecified atom stereocenters. The molecule has 0 saturated carbocycles. The lowest BCUT2D eigenvalue weighted by atomic mass is 10.1. The smallest absolute Gasteiger partial charge is 0.226 e. The Kier molecular flexibility index (Phi) is 6.66. The first-order valence-corrected chi connectivity index (χ1v) is 11.4. The van der Waals surface area contributed by atoms with Gasteiger partial charge in [-0.3, -0.25) is 9.59 Å². The van der Waals surface area contributed by atoms with Crippen LogP contribution in [-0.4, -0.2) is 26.9 Å². The van der Waals surface area contributed by atoms with E-state index in [0.29, 0.717) is 41.1 Å². The first kappa shape index (κ1) is 21.8. The Morgan fingerprint density at radius 1 is 1.16 bits per heavy atom. The van der Waals surface area contributed by atoms with Gasteiger partial charge < -0.3 is 15.2 Å². The molecule has 164 valence electrons. The molecule has 0 bridgehead atoms. The van der Waals surface area contributed by atoms with Crippen LogP contribution in [0.15, 0.2) is 45.6 Å². The van der Waals surface area contributed by atoms with Crippen LogP contribution < -0.4 is 10.6 Å². The van der Waals surface area contributed by atoms with Crippen molar-refractivity contribution in [2.75, 3.05) is 10.6 Å². The molecule has 3 heterocycles. The average molecular weight is 472 g/mol. The highest BCUT2D eigenvalue weighted by Crippen LogP contribution is 2.29. The number of anilines is 2. The normalized spacial score (nSPS) is 10.8. The zero-order valence-corrected chi connectivity index (χ0v) is 18.6. The summed E-state index contributed by atoms with van der Waals surface area (Å²) in [6.45, 7) is 1.35. The second kappa shape index (κ2) is 9.79. The van der Waals surface area contributed by atoms with Crippen LogP contribution in [0.2, 0.25) is 0 Å². The lowest BCUT2D eigenvalue weighted by Crippen LogP contribution is -2.11. The molecule has 11 heteroatoms. The molecule has 0 spiro atoms. The third-order valence-corrected chi connectivity index (χ3v) is 5.94. The van der Waals surface area contributed by atoms with Gasteiger partial charge in [-0.15, -0.1) is 22.7 Å². The molecule has 4 rings (SSSR count). The highest BCUT2D eigenvalue weighted by Gasteiger charge is 2.14. The molecule has 0 radical (unpaired) electrons. The Bertz CT molecular complexity index is 1240. The molecule has 0 saturated heterocycles. The van der Waals surface area contributed by atoms with E-state index in [2.05, 4.69) is 25.8 Å². The molecular weight excluding hydrogens is 453 g/mol. The number of rotatable bonds is 8. The molecule has 8 nitrogen and oxygen atoms in total. The number of halogens is 1. The molecule has 0 aliphatic carbocycles. The van der Waals surface area contributed by atoms with Crippen LogP contribution in [0.1, 0.15) is 25.7 Å². The number of thiophene rings is 1. The van der Waals surface area contributed by atoms with Crippen LogP contribution in [0.5, 0.6) is 0 Å². The maximum Gasteiger partial charge on any atom is 0.226 e. The van der Waals surface area contributed by atoms with E-state index in [-0.39, 0.29) is 23.8 Å². The first-order valence-electron chi connectivity index (χ1n) is 9.67. The monoisotopic (exact) mass is 471 g/mol. The Balaban J connectivity index is 1.29. The third kappa shape index (κ3) is 5.42. The van der Waals surface area contributed by atoms with Crippen LogP contribution >= 0.6 is 22.7 Å². The topological polar surface area (TPSA) is 110 Å². The van der Waals surface area contributed by atoms with Gasteiger partial charge in [0.15, 0.2) is 5.13 Å². The molecule has 32 heavy (non-hydrogen) atoms. The van der Waals surface area contributed by atoms with Crippen molar-refractivity contribution in [3.05, 3.63) is 52.8 Å². The van der Waals surface area contributed by atoms with E-state index in [1.165, 1.54) is 41.7 Å². The number of thiazole rings is 1. The van der Waals surface area contributed by atoms with E-state index in [9.17, 15) is 14.0 Å². The molecule has 0 aliphatic heterocycles. The molecule has 2 N–H and O–H groups in total. The maximum absolute atomic E-state index is 14.4. The van der Waals surface area contributed by atoms with Crippen molar-refractivity contribution < 1.29 is 18.5 Å². The van der Waals surface area contributed by atoms with Crippen LogP contribution in [-0.2, 0) is 16.0 Å². The van der Waals surface area contributed by atoms with Crippen molar-refractivity contribution in [3.8, 4) is 22.0 Å². The molecule has 0 atom stereocenters. The van der Waals surface area contributed by atoms with Gasteiger partial charge >= 0.3 is 0 Å². The van der Waals surface area contributed by atoms with Crippen molar-refractivity contribution >= 4 is 45.3 Å². The summed E-state index contributed by atoms with van der Waals surface area (Å²) in [4.78, 5) is 32.9. The van der Waals surface area contributed by atoms with Gasteiger partial charge in [0, 0.05) is 36.4 Å². The summed E-state index contributed by atoms with van der Waals surface area (Å²) in [5.74, 6) is 0.0344. The lowest BCUT2D eigenvalue weighted by molar-refractivity contribution is -0.116. The number of hydrogen-bond acceptors (Lipinski definition) is 8. The van der Waals surface area contributed by atoms with Crippen LogP contribution in [0.3, 0.4) is 0 Å². The fraction of sp³-hybridized carbons (Fsp3) is 0.190. The fourth-order valence-corrected chi connectivity index (χ4v) is 4.28. The van der Waals surface area contributed by atoms with E-state index < -0.39 is 5.82 Å². The van der Waals surface area contributed by atoms with Gasteiger partial charge in [0.1, 0.15) is 5.82 Å². The lowest BCUT2D eigenvalue weighted by Gasteiger charge is -2.05. The van der Waals surface area contributed by atoms with Crippen molar-refractivity contribution in [2.24, 2.45) is 0 Å². The van der Waals surface area contributed by atoms with Crippen molar-refractivity contribution in [1.29, 1.82) is 0 Å². The minimum absolute atomic E-state index is 0.203. The van der Waals surface area contributed by atoms with E-state index in [1.54, 1.807) is 11.4 Å². The number of nitrogens with one attached hydrogen (secondary N) is 2. The SMILES string of the molecule is CC(=O)Nc1ccc(-c2csc(NC(=O)CCCc3nc(-c4cccs4)no3)n2)c(F)c1. The average Bonchev–Trinajstić information content (AvgIpc) is 3.49. The number of carbonyl (C=O) groups is 2. The van der Waals surface area contributed by atoms with Crippen molar-refractivity contribution in [1.82, 2.24) is 15.1 Å². The maximum atomic E-state index is 14.4. The first-order chi connectivity index (χ1) is 15.5. The molecule has 3 aromatic heterocycles. The predicted octanol–water partition coefficient (Wildman–Crippen LogP) is 4.98. The van der Waals surface area contributed by atoms with Gasteiger partial charge in [0.2, 0.25) is 23.5 Å². The number of nitrogens with zero attached hydrogens (tertiary/aromatic N) is 3. The predicted molar refractivity (Wildman–Crippen MR) is 121 cm³/mol. The van der Waals surface area contributed by atoms with E-state index in [4.69, 9.17) is 4.52 Å². The second-order valence-corrected chi connectivity index (χ2v) is 8.61. The van der Waals surface area contributed by atoms with Gasteiger partial charge in [-0.2, -0.15) is 4.98 Å². The van der Waals surface area contributed by atoms with Gasteiger partial charge in [-0.1, -0.05) is 11.2 Å². The standard InChI is InChI=1S/C21H18FN5O3S2/c1-12(28)23-13-7-8-14(15(22)10-13)16-11-32-21(24-16)25-18(29)5-2-6-19-26-20(27-30-19)17-4-3-9-31-17/h3-4,7-11H,2,5-6H2,1H3,(H,23,28)(H,24,25,29). The molecule has 1 aromatic carbocycles. The Morgan fingerprint density at radius 2 is 2.03 bits per heavy atom. The summed E-state index contributed by atoms with van der Waals surface area (Å²) < 4.78 is 19.6. The largest absolute Gasteiger partial charge is 0.339 e. The number of aryl methyl sites for hydroxylation is 1. The summed E-state index contributed by atoms with van der Waals surface area (Å²) in [6.07, 6.45) is 1.28. The van der Waals surface area contributed by atoms with E-state index in [0.717, 1.165) is 4.88 Å². The van der Waals surface area contributed by atoms with Gasteiger partial charge in [-0.25, -0.2) is 9.37 Å². The minimum Gasteiger partial charge on any atom is -0.339 e. The zero-order valence-electron chi connectivity index (χ0n) is 16.9. The number of hydrogen-bond donors (Lipinski definition) is 2. The minimum atomic E-state index is -0.513. The summed E-state index contributed by atoms with van der Waals surface area (Å²) >= 11 is 2.74. The molecule has 2 amide bonds. The number of amides is 2. The molecule has 0 fully saturated rings. The number of carbonyl (C=O) groups excluding carboxylic acids is 2. The van der Waals surface area contributed by atoms with Crippen LogP contribution in [0.25, 0.3) is 22.0 Å². The second-order valence-electron chi connectivity index (χ2n) is 6.80. The third-order valence-electron chi connectivity index (χ3n) is 4.32. The molecular formula is C21H18FN5O3S2. The van der Waals surface area contributed by atoms with Crippen LogP contribution in [0, 0.1) is 5.82 Å². The van der Waals surface area contributed by atoms with Gasteiger partial charge in [0.25, 0.3) is 0 Å². The summed E-state index contributed by atoms with van der Waals surface area (Å²) in [5.41, 5.74) is 1.06. The quantitative estimate of drug-likeness (QED) is 0.375. The van der Waals surface area contributed by atoms with Crippen LogP contribution in [0.4, 0.5) is 15.2 Å². The molecule has 4 aromatic rings. The van der Waals surface area contributed by atoms with E-state index >= 15 is 0 Å². The van der Waals surface area contributed by atoms with Crippen molar-refractivity contribution in [2.45, 2.75) is 26.2 Å². The zero-order chi connectivity index (χ0) is 22.5. The highest BCUT2D eigenvalue weighted by molar-refractivity contribution is 7.14. The van der Waals surface area contributed by atoms with Gasteiger partial charge in [0.05, 0.1) is 10.6 Å². The fourth-order valence-electron chi connectivity index (χ4n) is 2.90. The Hall–Kier alpha value is -3.44. The Labute approximate surface area is 190 Å². The van der Waals surface area contributed by atoms with Crippen molar-refractivity contribution in [3.63, 3.8) is 0 Å². The Morgan fingerprint density at radius 3 is 2.78 bits per heavy atom. The number of benzene rings is 1. The highest BCUT2D eigenvalue weighted by atomic mass is 32.1. The summed E-state index contributed by atoms with van der Waals surface area (Å²) in [7, 11) is 0. The van der Waals surface area contributed by atoms with Gasteiger partial charge in [-0.05, 0) is 36.1 Å². The molecule has 0 aliphatic rings. The number of aromatic nitrogens is 3.